The molecule has 84 valence electrons. The molecule has 3 nitrogen and oxygen atoms in total. The number of alkyl halides is 3. The van der Waals surface area contributed by atoms with E-state index in [-0.39, 0.29) is 13.1 Å². The van der Waals surface area contributed by atoms with E-state index in [9.17, 15) is 13.2 Å². The van der Waals surface area contributed by atoms with Crippen molar-refractivity contribution >= 4 is 0 Å². The van der Waals surface area contributed by atoms with E-state index < -0.39 is 12.1 Å². The first kappa shape index (κ1) is 11.7. The fraction of sp³-hybridized carbons (Fsp3) is 1.00. The van der Waals surface area contributed by atoms with E-state index in [0.29, 0.717) is 26.3 Å². The van der Waals surface area contributed by atoms with E-state index in [1.807, 2.05) is 0 Å². The van der Waals surface area contributed by atoms with Crippen LogP contribution in [-0.4, -0.2) is 50.5 Å². The molecular formula is C8H15F3N2O. The lowest BCUT2D eigenvalue weighted by Gasteiger charge is -2.30. The van der Waals surface area contributed by atoms with Gasteiger partial charge in [0.1, 0.15) is 0 Å². The Morgan fingerprint density at radius 3 is 2.29 bits per heavy atom. The number of morpholine rings is 1. The quantitative estimate of drug-likeness (QED) is 0.738. The topological polar surface area (TPSA) is 38.5 Å². The second-order valence-corrected chi connectivity index (χ2v) is 3.39. The van der Waals surface area contributed by atoms with Crippen LogP contribution >= 0.6 is 0 Å². The predicted molar refractivity (Wildman–Crippen MR) is 45.9 cm³/mol. The fourth-order valence-corrected chi connectivity index (χ4v) is 1.41. The molecule has 0 aliphatic carbocycles. The van der Waals surface area contributed by atoms with Crippen LogP contribution < -0.4 is 5.73 Å². The third-order valence-corrected chi connectivity index (χ3v) is 2.33. The Morgan fingerprint density at radius 2 is 1.86 bits per heavy atom. The summed E-state index contributed by atoms with van der Waals surface area (Å²) in [6, 6.07) is 0. The minimum atomic E-state index is -4.19. The van der Waals surface area contributed by atoms with Gasteiger partial charge in [0.15, 0.2) is 0 Å². The Labute approximate surface area is 81.0 Å². The van der Waals surface area contributed by atoms with Gasteiger partial charge >= 0.3 is 6.18 Å². The number of ether oxygens (including phenoxy) is 1. The van der Waals surface area contributed by atoms with Gasteiger partial charge in [-0.3, -0.25) is 4.90 Å². The van der Waals surface area contributed by atoms with Gasteiger partial charge in [0, 0.05) is 26.2 Å². The lowest BCUT2D eigenvalue weighted by Crippen LogP contribution is -2.45. The number of hydrogen-bond donors (Lipinski definition) is 1. The zero-order valence-corrected chi connectivity index (χ0v) is 7.89. The fourth-order valence-electron chi connectivity index (χ4n) is 1.41. The van der Waals surface area contributed by atoms with Gasteiger partial charge in [0.05, 0.1) is 19.1 Å². The molecule has 1 heterocycles. The van der Waals surface area contributed by atoms with Crippen LogP contribution in [0, 0.1) is 5.92 Å². The monoisotopic (exact) mass is 212 g/mol. The number of rotatable bonds is 3. The summed E-state index contributed by atoms with van der Waals surface area (Å²) in [6.07, 6.45) is -4.19. The number of halogens is 3. The average molecular weight is 212 g/mol. The summed E-state index contributed by atoms with van der Waals surface area (Å²) < 4.78 is 42.1. The molecule has 1 atom stereocenters. The van der Waals surface area contributed by atoms with Crippen LogP contribution in [0.5, 0.6) is 0 Å². The maximum absolute atomic E-state index is 12.3. The van der Waals surface area contributed by atoms with Crippen LogP contribution in [0.1, 0.15) is 0 Å². The summed E-state index contributed by atoms with van der Waals surface area (Å²) in [7, 11) is 0. The molecule has 0 amide bonds. The van der Waals surface area contributed by atoms with Crippen LogP contribution in [0.4, 0.5) is 13.2 Å². The first-order chi connectivity index (χ1) is 6.54. The molecule has 0 radical (unpaired) electrons. The van der Waals surface area contributed by atoms with Crippen LogP contribution in [-0.2, 0) is 4.74 Å². The van der Waals surface area contributed by atoms with Crippen molar-refractivity contribution in [3.05, 3.63) is 0 Å². The van der Waals surface area contributed by atoms with Crippen molar-refractivity contribution in [1.82, 2.24) is 4.90 Å². The first-order valence-corrected chi connectivity index (χ1v) is 4.61. The largest absolute Gasteiger partial charge is 0.394 e. The van der Waals surface area contributed by atoms with E-state index in [2.05, 4.69) is 0 Å². The molecule has 1 rings (SSSR count). The Morgan fingerprint density at radius 1 is 1.29 bits per heavy atom. The molecule has 1 saturated heterocycles. The second-order valence-electron chi connectivity index (χ2n) is 3.39. The maximum atomic E-state index is 12.3. The molecule has 0 aromatic rings. The molecule has 0 aromatic heterocycles. The number of nitrogens with two attached hydrogens (primary N) is 1. The molecule has 6 heteroatoms. The molecular weight excluding hydrogens is 197 g/mol. The average Bonchev–Trinajstić information content (AvgIpc) is 2.14. The Bertz CT molecular complexity index is 168. The second kappa shape index (κ2) is 4.95. The molecule has 0 bridgehead atoms. The lowest BCUT2D eigenvalue weighted by molar-refractivity contribution is -0.178. The molecule has 0 saturated carbocycles. The molecule has 14 heavy (non-hydrogen) atoms. The maximum Gasteiger partial charge on any atom is 0.394 e. The molecule has 1 aliphatic rings. The number of hydrogen-bond acceptors (Lipinski definition) is 3. The Hall–Kier alpha value is -0.330. The highest BCUT2D eigenvalue weighted by Gasteiger charge is 2.39. The van der Waals surface area contributed by atoms with Crippen molar-refractivity contribution in [2.75, 3.05) is 39.4 Å². The smallest absolute Gasteiger partial charge is 0.379 e. The summed E-state index contributed by atoms with van der Waals surface area (Å²) >= 11 is 0. The van der Waals surface area contributed by atoms with Gasteiger partial charge in [0.2, 0.25) is 0 Å². The zero-order valence-electron chi connectivity index (χ0n) is 7.89. The van der Waals surface area contributed by atoms with Gasteiger partial charge in [-0.25, -0.2) is 0 Å². The molecule has 1 aliphatic heterocycles. The van der Waals surface area contributed by atoms with Crippen LogP contribution in [0.25, 0.3) is 0 Å². The van der Waals surface area contributed by atoms with Crippen molar-refractivity contribution in [1.29, 1.82) is 0 Å². The summed E-state index contributed by atoms with van der Waals surface area (Å²) in [5, 5.41) is 0. The van der Waals surface area contributed by atoms with E-state index >= 15 is 0 Å². The minimum absolute atomic E-state index is 0.0106. The molecule has 2 N–H and O–H groups in total. The third kappa shape index (κ3) is 3.43. The van der Waals surface area contributed by atoms with E-state index in [0.717, 1.165) is 0 Å². The SMILES string of the molecule is NCC(CN1CCOCC1)C(F)(F)F. The van der Waals surface area contributed by atoms with Gasteiger partial charge in [-0.1, -0.05) is 0 Å². The zero-order chi connectivity index (χ0) is 10.6. The highest BCUT2D eigenvalue weighted by molar-refractivity contribution is 4.74. The van der Waals surface area contributed by atoms with Crippen molar-refractivity contribution in [2.24, 2.45) is 11.7 Å². The Balaban J connectivity index is 2.39. The van der Waals surface area contributed by atoms with Crippen molar-refractivity contribution in [3.8, 4) is 0 Å². The summed E-state index contributed by atoms with van der Waals surface area (Å²) in [5.74, 6) is -1.42. The van der Waals surface area contributed by atoms with E-state index in [1.165, 1.54) is 0 Å². The molecule has 0 spiro atoms. The first-order valence-electron chi connectivity index (χ1n) is 4.61. The van der Waals surface area contributed by atoms with Gasteiger partial charge in [0.25, 0.3) is 0 Å². The Kier molecular flexibility index (Phi) is 4.15. The van der Waals surface area contributed by atoms with Gasteiger partial charge in [-0.15, -0.1) is 0 Å². The number of nitrogens with zero attached hydrogens (tertiary/aromatic N) is 1. The molecule has 1 unspecified atom stereocenters. The predicted octanol–water partition coefficient (Wildman–Crippen LogP) is 0.456. The van der Waals surface area contributed by atoms with Crippen LogP contribution in [0.2, 0.25) is 0 Å². The summed E-state index contributed by atoms with van der Waals surface area (Å²) in [6.45, 7) is 1.79. The van der Waals surface area contributed by atoms with Crippen molar-refractivity contribution < 1.29 is 17.9 Å². The van der Waals surface area contributed by atoms with E-state index in [1.54, 1.807) is 4.90 Å². The molecule has 0 aromatic carbocycles. The molecule has 1 fully saturated rings. The lowest BCUT2D eigenvalue weighted by atomic mass is 10.1. The minimum Gasteiger partial charge on any atom is -0.379 e. The normalized spacial score (nSPS) is 22.3. The standard InChI is InChI=1S/C8H15F3N2O/c9-8(10,11)7(5-12)6-13-1-3-14-4-2-13/h7H,1-6,12H2. The van der Waals surface area contributed by atoms with Gasteiger partial charge in [-0.2, -0.15) is 13.2 Å². The van der Waals surface area contributed by atoms with Gasteiger partial charge < -0.3 is 10.5 Å². The van der Waals surface area contributed by atoms with Crippen molar-refractivity contribution in [3.63, 3.8) is 0 Å². The third-order valence-electron chi connectivity index (χ3n) is 2.33. The van der Waals surface area contributed by atoms with E-state index in [4.69, 9.17) is 10.5 Å². The van der Waals surface area contributed by atoms with Crippen molar-refractivity contribution in [2.45, 2.75) is 6.18 Å². The van der Waals surface area contributed by atoms with Crippen LogP contribution in [0.15, 0.2) is 0 Å². The highest BCUT2D eigenvalue weighted by atomic mass is 19.4. The van der Waals surface area contributed by atoms with Crippen LogP contribution in [0.3, 0.4) is 0 Å². The summed E-state index contributed by atoms with van der Waals surface area (Å²) in [5.41, 5.74) is 5.10. The van der Waals surface area contributed by atoms with Gasteiger partial charge in [-0.05, 0) is 0 Å². The summed E-state index contributed by atoms with van der Waals surface area (Å²) in [4.78, 5) is 1.74. The highest BCUT2D eigenvalue weighted by Crippen LogP contribution is 2.26.